The van der Waals surface area contributed by atoms with Crippen molar-refractivity contribution in [1.29, 1.82) is 0 Å². The Hall–Kier alpha value is -3.14. The van der Waals surface area contributed by atoms with Gasteiger partial charge in [-0.15, -0.1) is 0 Å². The molecule has 1 aliphatic rings. The van der Waals surface area contributed by atoms with Crippen molar-refractivity contribution in [2.24, 2.45) is 5.92 Å². The van der Waals surface area contributed by atoms with Gasteiger partial charge in [0.25, 0.3) is 0 Å². The Labute approximate surface area is 219 Å². The average Bonchev–Trinajstić information content (AvgIpc) is 3.58. The molecule has 0 radical (unpaired) electrons. The summed E-state index contributed by atoms with van der Waals surface area (Å²) < 4.78 is 7.69. The van der Waals surface area contributed by atoms with Crippen molar-refractivity contribution in [2.75, 3.05) is 26.2 Å². The molecule has 37 heavy (non-hydrogen) atoms. The monoisotopic (exact) mass is 504 g/mol. The molecule has 1 unspecified atom stereocenters. The predicted octanol–water partition coefficient (Wildman–Crippen LogP) is 3.23. The van der Waals surface area contributed by atoms with Crippen LogP contribution in [0.3, 0.4) is 0 Å². The lowest BCUT2D eigenvalue weighted by Crippen LogP contribution is -2.51. The quantitative estimate of drug-likeness (QED) is 0.328. The molecule has 1 saturated heterocycles. The summed E-state index contributed by atoms with van der Waals surface area (Å²) in [5.41, 5.74) is 3.37. The van der Waals surface area contributed by atoms with Gasteiger partial charge in [0.05, 0.1) is 17.3 Å². The van der Waals surface area contributed by atoms with Crippen LogP contribution in [-0.4, -0.2) is 69.9 Å². The number of hydrogen-bond donors (Lipinski definition) is 3. The van der Waals surface area contributed by atoms with Crippen LogP contribution in [0.5, 0.6) is 5.75 Å². The maximum atomic E-state index is 12.9. The number of nitrogens with zero attached hydrogens (tertiary/aromatic N) is 3. The molecule has 1 amide bonds. The molecular formula is C28H37BN4O4. The van der Waals surface area contributed by atoms with E-state index in [-0.39, 0.29) is 18.4 Å². The molecular weight excluding hydrogens is 467 g/mol. The summed E-state index contributed by atoms with van der Waals surface area (Å²) in [6.07, 6.45) is 3.23. The molecule has 9 heteroatoms. The van der Waals surface area contributed by atoms with Gasteiger partial charge < -0.3 is 20.1 Å². The zero-order valence-electron chi connectivity index (χ0n) is 21.7. The molecule has 3 aromatic rings. The van der Waals surface area contributed by atoms with Gasteiger partial charge in [0.1, 0.15) is 18.9 Å². The molecule has 0 saturated carbocycles. The first kappa shape index (κ1) is 26.9. The van der Waals surface area contributed by atoms with E-state index < -0.39 is 13.1 Å². The van der Waals surface area contributed by atoms with Crippen LogP contribution in [0.1, 0.15) is 33.1 Å². The molecule has 0 aliphatic carbocycles. The number of nitrogens with one attached hydrogen (secondary N) is 1. The number of rotatable bonds is 12. The van der Waals surface area contributed by atoms with Crippen molar-refractivity contribution in [3.8, 4) is 28.3 Å². The lowest BCUT2D eigenvalue weighted by molar-refractivity contribution is -0.122. The zero-order valence-corrected chi connectivity index (χ0v) is 21.7. The van der Waals surface area contributed by atoms with Crippen LogP contribution >= 0.6 is 0 Å². The van der Waals surface area contributed by atoms with E-state index in [1.807, 2.05) is 74.5 Å². The Morgan fingerprint density at radius 3 is 2.51 bits per heavy atom. The third kappa shape index (κ3) is 7.22. The highest BCUT2D eigenvalue weighted by Gasteiger charge is 2.30. The number of carbonyl (C=O) groups excluding carboxylic acids is 1. The standard InChI is InChI=1S/C28H37BN4O4/c1-3-21(2)28(29(35)36)30-27(34)20-33-26(22-10-5-4-6-11-22)19-25(31-33)23-12-9-13-24(18-23)37-17-16-32-14-7-8-15-32/h4-6,9-13,18-19,21,28,35-36H,3,7-8,14-17,20H2,1-2H3,(H,30,34)/t21-,28?/m1/s1. The maximum Gasteiger partial charge on any atom is 0.475 e. The molecule has 3 N–H and O–H groups in total. The second-order valence-electron chi connectivity index (χ2n) is 9.76. The number of aromatic nitrogens is 2. The summed E-state index contributed by atoms with van der Waals surface area (Å²) in [5, 5.41) is 27.1. The Bertz CT molecular complexity index is 1150. The van der Waals surface area contributed by atoms with Crippen molar-refractivity contribution in [3.63, 3.8) is 0 Å². The van der Waals surface area contributed by atoms with Gasteiger partial charge in [0.15, 0.2) is 0 Å². The van der Waals surface area contributed by atoms with E-state index >= 15 is 0 Å². The molecule has 2 heterocycles. The Kier molecular flexibility index (Phi) is 9.38. The molecule has 196 valence electrons. The summed E-state index contributed by atoms with van der Waals surface area (Å²) in [7, 11) is -1.63. The SMILES string of the molecule is CC[C@@H](C)C(NC(=O)Cn1nc(-c2cccc(OCCN3CCCC3)c2)cc1-c1ccccc1)B(O)O. The van der Waals surface area contributed by atoms with Crippen LogP contribution in [0.2, 0.25) is 0 Å². The van der Waals surface area contributed by atoms with Gasteiger partial charge in [-0.2, -0.15) is 5.10 Å². The normalized spacial score (nSPS) is 15.4. The molecule has 2 aromatic carbocycles. The molecule has 1 fully saturated rings. The highest BCUT2D eigenvalue weighted by Crippen LogP contribution is 2.28. The maximum absolute atomic E-state index is 12.9. The Balaban J connectivity index is 1.53. The fourth-order valence-electron chi connectivity index (χ4n) is 4.70. The summed E-state index contributed by atoms with van der Waals surface area (Å²) in [6, 6.07) is 19.6. The molecule has 0 spiro atoms. The molecule has 4 rings (SSSR count). The van der Waals surface area contributed by atoms with Gasteiger partial charge in [0, 0.05) is 12.1 Å². The van der Waals surface area contributed by atoms with Crippen molar-refractivity contribution >= 4 is 13.0 Å². The predicted molar refractivity (Wildman–Crippen MR) is 146 cm³/mol. The molecule has 2 atom stereocenters. The Morgan fingerprint density at radius 1 is 1.08 bits per heavy atom. The first-order chi connectivity index (χ1) is 17.9. The zero-order chi connectivity index (χ0) is 26.2. The first-order valence-electron chi connectivity index (χ1n) is 13.2. The van der Waals surface area contributed by atoms with Crippen LogP contribution in [0, 0.1) is 5.92 Å². The number of amides is 1. The van der Waals surface area contributed by atoms with E-state index in [1.165, 1.54) is 12.8 Å². The minimum absolute atomic E-state index is 0.0457. The highest BCUT2D eigenvalue weighted by atomic mass is 16.5. The summed E-state index contributed by atoms with van der Waals surface area (Å²) in [4.78, 5) is 15.4. The van der Waals surface area contributed by atoms with Crippen LogP contribution in [-0.2, 0) is 11.3 Å². The summed E-state index contributed by atoms with van der Waals surface area (Å²) in [6.45, 7) is 7.64. The summed E-state index contributed by atoms with van der Waals surface area (Å²) in [5.74, 6) is -0.371. The van der Waals surface area contributed by atoms with E-state index in [2.05, 4.69) is 10.2 Å². The number of carbonyl (C=O) groups is 1. The van der Waals surface area contributed by atoms with Crippen LogP contribution in [0.25, 0.3) is 22.5 Å². The molecule has 1 aliphatic heterocycles. The molecule has 1 aromatic heterocycles. The fraction of sp³-hybridized carbons (Fsp3) is 0.429. The van der Waals surface area contributed by atoms with E-state index in [0.717, 1.165) is 47.9 Å². The summed E-state index contributed by atoms with van der Waals surface area (Å²) >= 11 is 0. The van der Waals surface area contributed by atoms with Crippen molar-refractivity contribution < 1.29 is 19.6 Å². The van der Waals surface area contributed by atoms with E-state index in [9.17, 15) is 14.8 Å². The van der Waals surface area contributed by atoms with Gasteiger partial charge >= 0.3 is 7.12 Å². The van der Waals surface area contributed by atoms with Gasteiger partial charge in [-0.05, 0) is 55.6 Å². The number of hydrogen-bond acceptors (Lipinski definition) is 6. The minimum atomic E-state index is -1.63. The fourth-order valence-corrected chi connectivity index (χ4v) is 4.70. The lowest BCUT2D eigenvalue weighted by Gasteiger charge is -2.23. The number of benzene rings is 2. The first-order valence-corrected chi connectivity index (χ1v) is 13.2. The third-order valence-electron chi connectivity index (χ3n) is 7.05. The minimum Gasteiger partial charge on any atom is -0.492 e. The third-order valence-corrected chi connectivity index (χ3v) is 7.05. The lowest BCUT2D eigenvalue weighted by atomic mass is 9.71. The molecule has 8 nitrogen and oxygen atoms in total. The van der Waals surface area contributed by atoms with Gasteiger partial charge in [-0.3, -0.25) is 14.4 Å². The van der Waals surface area contributed by atoms with E-state index in [0.29, 0.717) is 13.0 Å². The van der Waals surface area contributed by atoms with Crippen molar-refractivity contribution in [3.05, 3.63) is 60.7 Å². The van der Waals surface area contributed by atoms with Gasteiger partial charge in [-0.1, -0.05) is 62.7 Å². The van der Waals surface area contributed by atoms with Gasteiger partial charge in [0.2, 0.25) is 5.91 Å². The van der Waals surface area contributed by atoms with E-state index in [1.54, 1.807) is 4.68 Å². The molecule has 0 bridgehead atoms. The van der Waals surface area contributed by atoms with Crippen LogP contribution < -0.4 is 10.1 Å². The largest absolute Gasteiger partial charge is 0.492 e. The second kappa shape index (κ2) is 12.9. The van der Waals surface area contributed by atoms with Gasteiger partial charge in [-0.25, -0.2) is 0 Å². The van der Waals surface area contributed by atoms with E-state index in [4.69, 9.17) is 9.84 Å². The van der Waals surface area contributed by atoms with Crippen molar-refractivity contribution in [1.82, 2.24) is 20.0 Å². The topological polar surface area (TPSA) is 99.9 Å². The highest BCUT2D eigenvalue weighted by molar-refractivity contribution is 6.43. The number of ether oxygens (including phenoxy) is 1. The second-order valence-corrected chi connectivity index (χ2v) is 9.76. The smallest absolute Gasteiger partial charge is 0.475 e. The average molecular weight is 504 g/mol. The van der Waals surface area contributed by atoms with Crippen molar-refractivity contribution in [2.45, 2.75) is 45.6 Å². The number of likely N-dealkylation sites (tertiary alicyclic amines) is 1. The van der Waals surface area contributed by atoms with Crippen LogP contribution in [0.4, 0.5) is 0 Å². The Morgan fingerprint density at radius 2 is 1.81 bits per heavy atom. The van der Waals surface area contributed by atoms with Crippen LogP contribution in [0.15, 0.2) is 60.7 Å².